The average molecular weight is 366 g/mol. The van der Waals surface area contributed by atoms with Crippen LogP contribution >= 0.6 is 11.3 Å². The van der Waals surface area contributed by atoms with E-state index in [1.54, 1.807) is 11.3 Å². The molecule has 0 unspecified atom stereocenters. The molecule has 0 saturated carbocycles. The summed E-state index contributed by atoms with van der Waals surface area (Å²) in [7, 11) is 0. The van der Waals surface area contributed by atoms with Crippen molar-refractivity contribution in [2.75, 3.05) is 13.1 Å². The maximum absolute atomic E-state index is 12.3. The summed E-state index contributed by atoms with van der Waals surface area (Å²) in [6, 6.07) is 23.2. The van der Waals surface area contributed by atoms with Gasteiger partial charge in [-0.05, 0) is 24.8 Å². The molecular weight excluding hydrogens is 340 g/mol. The smallest absolute Gasteiger partial charge is 0.275 e. The van der Waals surface area contributed by atoms with Crippen LogP contribution in [0.4, 0.5) is 0 Å². The van der Waals surface area contributed by atoms with E-state index in [1.807, 2.05) is 24.3 Å². The van der Waals surface area contributed by atoms with Crippen molar-refractivity contribution in [1.82, 2.24) is 5.32 Å². The lowest BCUT2D eigenvalue weighted by atomic mass is 9.98. The van der Waals surface area contributed by atoms with Gasteiger partial charge in [0.05, 0.1) is 0 Å². The average Bonchev–Trinajstić information content (AvgIpc) is 3.18. The Morgan fingerprint density at radius 2 is 1.73 bits per heavy atom. The molecule has 26 heavy (non-hydrogen) atoms. The van der Waals surface area contributed by atoms with Gasteiger partial charge in [-0.2, -0.15) is 0 Å². The summed E-state index contributed by atoms with van der Waals surface area (Å²) < 4.78 is 0. The van der Waals surface area contributed by atoms with Gasteiger partial charge < -0.3 is 10.6 Å². The molecule has 1 amide bonds. The number of quaternary nitrogens is 1. The van der Waals surface area contributed by atoms with Gasteiger partial charge in [-0.25, -0.2) is 0 Å². The Balaban J connectivity index is 1.59. The predicted molar refractivity (Wildman–Crippen MR) is 107 cm³/mol. The molecule has 0 fully saturated rings. The quantitative estimate of drug-likeness (QED) is 0.633. The molecule has 3 nitrogen and oxygen atoms in total. The van der Waals surface area contributed by atoms with Crippen molar-refractivity contribution in [3.8, 4) is 0 Å². The molecule has 0 aliphatic heterocycles. The Hall–Kier alpha value is -2.43. The fourth-order valence-corrected chi connectivity index (χ4v) is 3.68. The third-order valence-electron chi connectivity index (χ3n) is 4.41. The van der Waals surface area contributed by atoms with Crippen LogP contribution in [0.5, 0.6) is 0 Å². The summed E-state index contributed by atoms with van der Waals surface area (Å²) in [5.41, 5.74) is 3.67. The third-order valence-corrected chi connectivity index (χ3v) is 5.34. The predicted octanol–water partition coefficient (Wildman–Crippen LogP) is 3.07. The zero-order valence-corrected chi connectivity index (χ0v) is 15.8. The zero-order chi connectivity index (χ0) is 18.2. The third kappa shape index (κ3) is 5.28. The van der Waals surface area contributed by atoms with E-state index < -0.39 is 0 Å². The standard InChI is InChI=1S/C22H24N2OS/c1-17-9-11-19(12-10-17)22(18-6-3-2-4-7-18)24-16-21(25)23-14-13-20-8-5-15-26-20/h2-12,15,22,24H,13-14,16H2,1H3,(H,23,25)/p+1/t22-/m1/s1. The first kappa shape index (κ1) is 18.4. The van der Waals surface area contributed by atoms with E-state index in [4.69, 9.17) is 0 Å². The van der Waals surface area contributed by atoms with E-state index in [-0.39, 0.29) is 11.9 Å². The van der Waals surface area contributed by atoms with Gasteiger partial charge >= 0.3 is 0 Å². The molecule has 3 rings (SSSR count). The van der Waals surface area contributed by atoms with Crippen molar-refractivity contribution in [2.24, 2.45) is 0 Å². The molecule has 4 heteroatoms. The van der Waals surface area contributed by atoms with E-state index in [0.29, 0.717) is 13.1 Å². The number of benzene rings is 2. The first-order valence-electron chi connectivity index (χ1n) is 8.96. The molecule has 0 aliphatic rings. The van der Waals surface area contributed by atoms with Gasteiger partial charge in [-0.15, -0.1) is 11.3 Å². The van der Waals surface area contributed by atoms with Gasteiger partial charge in [-0.3, -0.25) is 4.79 Å². The van der Waals surface area contributed by atoms with E-state index in [1.165, 1.54) is 21.6 Å². The first-order chi connectivity index (χ1) is 12.7. The van der Waals surface area contributed by atoms with E-state index >= 15 is 0 Å². The molecule has 3 N–H and O–H groups in total. The van der Waals surface area contributed by atoms with Crippen LogP contribution in [-0.4, -0.2) is 19.0 Å². The highest BCUT2D eigenvalue weighted by Gasteiger charge is 2.18. The Bertz CT molecular complexity index is 798. The van der Waals surface area contributed by atoms with Crippen molar-refractivity contribution >= 4 is 17.2 Å². The summed E-state index contributed by atoms with van der Waals surface area (Å²) in [5, 5.41) is 7.20. The minimum atomic E-state index is 0.0783. The molecule has 3 aromatic rings. The monoisotopic (exact) mass is 365 g/mol. The highest BCUT2D eigenvalue weighted by atomic mass is 32.1. The largest absolute Gasteiger partial charge is 0.351 e. The number of carbonyl (C=O) groups excluding carboxylic acids is 1. The lowest BCUT2D eigenvalue weighted by molar-refractivity contribution is -0.676. The fourth-order valence-electron chi connectivity index (χ4n) is 2.98. The van der Waals surface area contributed by atoms with Crippen molar-refractivity contribution in [3.05, 3.63) is 93.7 Å². The summed E-state index contributed by atoms with van der Waals surface area (Å²) in [6.45, 7) is 3.19. The maximum atomic E-state index is 12.3. The lowest BCUT2D eigenvalue weighted by Gasteiger charge is -2.17. The van der Waals surface area contributed by atoms with Gasteiger partial charge in [0, 0.05) is 22.5 Å². The Kier molecular flexibility index (Phi) is 6.58. The fraction of sp³-hybridized carbons (Fsp3) is 0.227. The number of aryl methyl sites for hydroxylation is 1. The van der Waals surface area contributed by atoms with Crippen molar-refractivity contribution < 1.29 is 10.1 Å². The van der Waals surface area contributed by atoms with Gasteiger partial charge in [0.25, 0.3) is 5.91 Å². The van der Waals surface area contributed by atoms with Crippen molar-refractivity contribution in [3.63, 3.8) is 0 Å². The normalized spacial score (nSPS) is 11.9. The second-order valence-electron chi connectivity index (χ2n) is 6.42. The number of amides is 1. The number of hydrogen-bond acceptors (Lipinski definition) is 2. The highest BCUT2D eigenvalue weighted by Crippen LogP contribution is 2.18. The maximum Gasteiger partial charge on any atom is 0.275 e. The Labute approximate surface area is 159 Å². The van der Waals surface area contributed by atoms with Crippen LogP contribution in [0.2, 0.25) is 0 Å². The molecule has 0 radical (unpaired) electrons. The lowest BCUT2D eigenvalue weighted by Crippen LogP contribution is -2.87. The van der Waals surface area contributed by atoms with Gasteiger partial charge in [-0.1, -0.05) is 66.2 Å². The van der Waals surface area contributed by atoms with E-state index in [2.05, 4.69) is 65.4 Å². The number of hydrogen-bond donors (Lipinski definition) is 2. The van der Waals surface area contributed by atoms with Crippen LogP contribution in [0.1, 0.15) is 27.6 Å². The second kappa shape index (κ2) is 9.32. The van der Waals surface area contributed by atoms with Gasteiger partial charge in [0.1, 0.15) is 6.04 Å². The van der Waals surface area contributed by atoms with Crippen molar-refractivity contribution in [2.45, 2.75) is 19.4 Å². The minimum absolute atomic E-state index is 0.0783. The number of thiophene rings is 1. The van der Waals surface area contributed by atoms with E-state index in [9.17, 15) is 4.79 Å². The van der Waals surface area contributed by atoms with Gasteiger partial charge in [0.15, 0.2) is 6.54 Å². The van der Waals surface area contributed by atoms with Crippen LogP contribution in [-0.2, 0) is 11.2 Å². The number of carbonyl (C=O) groups is 1. The molecule has 134 valence electrons. The first-order valence-corrected chi connectivity index (χ1v) is 9.84. The summed E-state index contributed by atoms with van der Waals surface area (Å²) in [6.07, 6.45) is 0.892. The molecule has 1 heterocycles. The molecule has 0 aliphatic carbocycles. The SMILES string of the molecule is Cc1ccc([C@H]([NH2+]CC(=O)NCCc2cccs2)c2ccccc2)cc1. The summed E-state index contributed by atoms with van der Waals surface area (Å²) >= 11 is 1.73. The van der Waals surface area contributed by atoms with Crippen LogP contribution in [0.3, 0.4) is 0 Å². The van der Waals surface area contributed by atoms with Crippen LogP contribution in [0, 0.1) is 6.92 Å². The minimum Gasteiger partial charge on any atom is -0.351 e. The topological polar surface area (TPSA) is 45.7 Å². The summed E-state index contributed by atoms with van der Waals surface area (Å²) in [4.78, 5) is 13.6. The zero-order valence-electron chi connectivity index (χ0n) is 15.0. The highest BCUT2D eigenvalue weighted by molar-refractivity contribution is 7.09. The number of nitrogens with two attached hydrogens (primary N) is 1. The Morgan fingerprint density at radius 1 is 1.00 bits per heavy atom. The Morgan fingerprint density at radius 3 is 2.42 bits per heavy atom. The molecule has 1 atom stereocenters. The molecule has 0 saturated heterocycles. The van der Waals surface area contributed by atoms with Crippen molar-refractivity contribution in [1.29, 1.82) is 0 Å². The van der Waals surface area contributed by atoms with E-state index in [0.717, 1.165) is 6.42 Å². The van der Waals surface area contributed by atoms with Gasteiger partial charge in [0.2, 0.25) is 0 Å². The molecule has 1 aromatic heterocycles. The number of nitrogens with one attached hydrogen (secondary N) is 1. The second-order valence-corrected chi connectivity index (χ2v) is 7.45. The molecular formula is C22H25N2OS+. The molecule has 2 aromatic carbocycles. The molecule has 0 spiro atoms. The number of rotatable bonds is 8. The summed E-state index contributed by atoms with van der Waals surface area (Å²) in [5.74, 6) is 0.0783. The van der Waals surface area contributed by atoms with Crippen LogP contribution < -0.4 is 10.6 Å². The van der Waals surface area contributed by atoms with Crippen LogP contribution in [0.15, 0.2) is 72.1 Å². The molecule has 0 bridgehead atoms. The van der Waals surface area contributed by atoms with Crippen LogP contribution in [0.25, 0.3) is 0 Å².